The van der Waals surface area contributed by atoms with Crippen molar-refractivity contribution in [2.24, 2.45) is 0 Å². The molecule has 3 aromatic rings. The Morgan fingerprint density at radius 3 is 2.28 bits per heavy atom. The monoisotopic (exact) mass is 434 g/mol. The number of carbonyl (C=O) groups is 2. The molecule has 6 heteroatoms. The summed E-state index contributed by atoms with van der Waals surface area (Å²) in [5.41, 5.74) is 2.08. The lowest BCUT2D eigenvalue weighted by Gasteiger charge is -2.29. The second kappa shape index (κ2) is 10.5. The lowest BCUT2D eigenvalue weighted by Crippen LogP contribution is -2.32. The Kier molecular flexibility index (Phi) is 7.49. The smallest absolute Gasteiger partial charge is 0.247 e. The summed E-state index contributed by atoms with van der Waals surface area (Å²) >= 11 is 0. The van der Waals surface area contributed by atoms with Crippen LogP contribution in [0.4, 0.5) is 14.5 Å². The van der Waals surface area contributed by atoms with Gasteiger partial charge in [0.2, 0.25) is 11.8 Å². The normalized spacial score (nSPS) is 11.9. The van der Waals surface area contributed by atoms with Gasteiger partial charge in [-0.2, -0.15) is 0 Å². The van der Waals surface area contributed by atoms with Crippen molar-refractivity contribution in [2.45, 2.75) is 26.4 Å². The first kappa shape index (κ1) is 22.9. The third kappa shape index (κ3) is 5.88. The van der Waals surface area contributed by atoms with Gasteiger partial charge in [-0.3, -0.25) is 9.59 Å². The van der Waals surface area contributed by atoms with Gasteiger partial charge in [0.05, 0.1) is 6.04 Å². The van der Waals surface area contributed by atoms with Crippen LogP contribution in [0.3, 0.4) is 0 Å². The zero-order valence-corrected chi connectivity index (χ0v) is 17.9. The summed E-state index contributed by atoms with van der Waals surface area (Å²) in [5.74, 6) is -2.06. The molecule has 4 nitrogen and oxygen atoms in total. The molecule has 0 fully saturated rings. The molecule has 0 bridgehead atoms. The van der Waals surface area contributed by atoms with E-state index < -0.39 is 17.5 Å². The lowest BCUT2D eigenvalue weighted by molar-refractivity contribution is -0.128. The van der Waals surface area contributed by atoms with E-state index in [-0.39, 0.29) is 17.5 Å². The van der Waals surface area contributed by atoms with Gasteiger partial charge in [-0.25, -0.2) is 8.78 Å². The molecule has 0 aliphatic carbocycles. The lowest BCUT2D eigenvalue weighted by atomic mass is 10.0. The van der Waals surface area contributed by atoms with Gasteiger partial charge in [-0.15, -0.1) is 0 Å². The quantitative estimate of drug-likeness (QED) is 0.483. The molecule has 0 radical (unpaired) electrons. The Hall–Kier alpha value is -3.80. The van der Waals surface area contributed by atoms with Crippen molar-refractivity contribution in [3.05, 3.63) is 107 Å². The van der Waals surface area contributed by atoms with E-state index in [0.717, 1.165) is 29.3 Å². The highest BCUT2D eigenvalue weighted by atomic mass is 19.1. The molecule has 0 aliphatic rings. The maximum absolute atomic E-state index is 14.0. The highest BCUT2D eigenvalue weighted by molar-refractivity contribution is 5.92. The maximum atomic E-state index is 14.0. The number of amides is 2. The molecule has 0 saturated heterocycles. The highest BCUT2D eigenvalue weighted by Gasteiger charge is 2.21. The van der Waals surface area contributed by atoms with E-state index in [4.69, 9.17) is 0 Å². The first-order valence-electron chi connectivity index (χ1n) is 10.2. The minimum absolute atomic E-state index is 0.193. The number of benzene rings is 3. The van der Waals surface area contributed by atoms with Gasteiger partial charge in [0, 0.05) is 30.8 Å². The van der Waals surface area contributed by atoms with Crippen LogP contribution in [-0.4, -0.2) is 16.7 Å². The van der Waals surface area contributed by atoms with Crippen LogP contribution in [0.25, 0.3) is 6.08 Å². The van der Waals surface area contributed by atoms with Gasteiger partial charge in [0.1, 0.15) is 11.6 Å². The van der Waals surface area contributed by atoms with E-state index in [1.165, 1.54) is 19.1 Å². The average molecular weight is 434 g/mol. The fourth-order valence-electron chi connectivity index (χ4n) is 3.37. The van der Waals surface area contributed by atoms with Gasteiger partial charge in [-0.05, 0) is 48.4 Å². The fourth-order valence-corrected chi connectivity index (χ4v) is 3.37. The van der Waals surface area contributed by atoms with E-state index in [0.29, 0.717) is 12.2 Å². The Bertz CT molecular complexity index is 1110. The molecule has 3 aromatic carbocycles. The fraction of sp³-hybridized carbons (Fsp3) is 0.154. The molecular formula is C26H24F2N2O2. The maximum Gasteiger partial charge on any atom is 0.247 e. The first-order valence-corrected chi connectivity index (χ1v) is 10.2. The van der Waals surface area contributed by atoms with Crippen LogP contribution in [0.15, 0.2) is 78.9 Å². The predicted molar refractivity (Wildman–Crippen MR) is 122 cm³/mol. The van der Waals surface area contributed by atoms with Crippen LogP contribution in [0.1, 0.15) is 36.6 Å². The van der Waals surface area contributed by atoms with Crippen LogP contribution < -0.4 is 5.32 Å². The van der Waals surface area contributed by atoms with Crippen molar-refractivity contribution in [3.8, 4) is 0 Å². The first-order chi connectivity index (χ1) is 15.3. The molecule has 0 heterocycles. The van der Waals surface area contributed by atoms with Crippen LogP contribution in [-0.2, 0) is 16.1 Å². The van der Waals surface area contributed by atoms with Crippen molar-refractivity contribution in [1.29, 1.82) is 0 Å². The van der Waals surface area contributed by atoms with E-state index in [1.54, 1.807) is 23.1 Å². The minimum atomic E-state index is -0.736. The summed E-state index contributed by atoms with van der Waals surface area (Å²) in [6.07, 6.45) is 2.34. The average Bonchev–Trinajstić information content (AvgIpc) is 2.77. The van der Waals surface area contributed by atoms with Crippen molar-refractivity contribution in [3.63, 3.8) is 0 Å². The third-order valence-corrected chi connectivity index (χ3v) is 5.03. The van der Waals surface area contributed by atoms with Crippen molar-refractivity contribution in [1.82, 2.24) is 4.90 Å². The summed E-state index contributed by atoms with van der Waals surface area (Å²) in [5, 5.41) is 2.74. The van der Waals surface area contributed by atoms with E-state index in [2.05, 4.69) is 5.32 Å². The standard InChI is InChI=1S/C26H24F2N2O2/c1-18(21-10-6-11-22(16-21)29-19(2)31)30(17-20-8-4-3-5-9-20)26(32)15-14-23-24(27)12-7-13-25(23)28/h3-16,18H,17H2,1-2H3,(H,29,31)/b15-14+. The zero-order valence-electron chi connectivity index (χ0n) is 17.9. The topological polar surface area (TPSA) is 49.4 Å². The minimum Gasteiger partial charge on any atom is -0.328 e. The SMILES string of the molecule is CC(=O)Nc1cccc(C(C)N(Cc2ccccc2)C(=O)/C=C/c2c(F)cccc2F)c1. The van der Waals surface area contributed by atoms with E-state index in [1.807, 2.05) is 43.3 Å². The molecule has 1 N–H and O–H groups in total. The van der Waals surface area contributed by atoms with Gasteiger partial charge in [-0.1, -0.05) is 48.5 Å². The zero-order chi connectivity index (χ0) is 23.1. The van der Waals surface area contributed by atoms with Gasteiger partial charge < -0.3 is 10.2 Å². The van der Waals surface area contributed by atoms with Crippen LogP contribution >= 0.6 is 0 Å². The molecule has 2 amide bonds. The Labute approximate surface area is 186 Å². The van der Waals surface area contributed by atoms with Crippen molar-refractivity contribution in [2.75, 3.05) is 5.32 Å². The number of hydrogen-bond donors (Lipinski definition) is 1. The number of nitrogens with zero attached hydrogens (tertiary/aromatic N) is 1. The van der Waals surface area contributed by atoms with E-state index in [9.17, 15) is 18.4 Å². The number of hydrogen-bond acceptors (Lipinski definition) is 2. The number of anilines is 1. The number of rotatable bonds is 7. The molecule has 164 valence electrons. The number of halogens is 2. The van der Waals surface area contributed by atoms with Crippen LogP contribution in [0.5, 0.6) is 0 Å². The molecule has 0 saturated carbocycles. The number of nitrogens with one attached hydrogen (secondary N) is 1. The molecule has 32 heavy (non-hydrogen) atoms. The van der Waals surface area contributed by atoms with Gasteiger partial charge in [0.15, 0.2) is 0 Å². The summed E-state index contributed by atoms with van der Waals surface area (Å²) in [7, 11) is 0. The van der Waals surface area contributed by atoms with Gasteiger partial charge >= 0.3 is 0 Å². The Morgan fingerprint density at radius 1 is 0.969 bits per heavy atom. The van der Waals surface area contributed by atoms with E-state index >= 15 is 0 Å². The van der Waals surface area contributed by atoms with Crippen LogP contribution in [0, 0.1) is 11.6 Å². The molecule has 3 rings (SSSR count). The second-order valence-corrected chi connectivity index (χ2v) is 7.40. The summed E-state index contributed by atoms with van der Waals surface area (Å²) in [6.45, 7) is 3.59. The molecule has 0 aliphatic heterocycles. The highest BCUT2D eigenvalue weighted by Crippen LogP contribution is 2.26. The van der Waals surface area contributed by atoms with Gasteiger partial charge in [0.25, 0.3) is 0 Å². The summed E-state index contributed by atoms with van der Waals surface area (Å²) < 4.78 is 27.9. The molecule has 1 atom stereocenters. The molecular weight excluding hydrogens is 410 g/mol. The molecule has 1 unspecified atom stereocenters. The number of carbonyl (C=O) groups excluding carboxylic acids is 2. The third-order valence-electron chi connectivity index (χ3n) is 5.03. The van der Waals surface area contributed by atoms with Crippen molar-refractivity contribution < 1.29 is 18.4 Å². The molecule has 0 spiro atoms. The largest absolute Gasteiger partial charge is 0.328 e. The summed E-state index contributed by atoms with van der Waals surface area (Å²) in [6, 6.07) is 19.9. The Balaban J connectivity index is 1.92. The van der Waals surface area contributed by atoms with Crippen LogP contribution in [0.2, 0.25) is 0 Å². The Morgan fingerprint density at radius 2 is 1.62 bits per heavy atom. The second-order valence-electron chi connectivity index (χ2n) is 7.40. The predicted octanol–water partition coefficient (Wildman–Crippen LogP) is 5.73. The van der Waals surface area contributed by atoms with Crippen molar-refractivity contribution >= 4 is 23.6 Å². The molecule has 0 aromatic heterocycles. The summed E-state index contributed by atoms with van der Waals surface area (Å²) in [4.78, 5) is 26.2.